The van der Waals surface area contributed by atoms with E-state index < -0.39 is 0 Å². The van der Waals surface area contributed by atoms with Crippen LogP contribution in [0.1, 0.15) is 40.0 Å². The van der Waals surface area contributed by atoms with Crippen molar-refractivity contribution in [2.75, 3.05) is 5.32 Å². The highest BCUT2D eigenvalue weighted by Gasteiger charge is 2.12. The summed E-state index contributed by atoms with van der Waals surface area (Å²) >= 11 is 0. The molecular formula is C16H24N4. The van der Waals surface area contributed by atoms with E-state index in [-0.39, 0.29) is 0 Å². The Balaban J connectivity index is 2.16. The Morgan fingerprint density at radius 2 is 2.00 bits per heavy atom. The average Bonchev–Trinajstić information content (AvgIpc) is 3.01. The zero-order valence-electron chi connectivity index (χ0n) is 12.6. The fourth-order valence-corrected chi connectivity index (χ4v) is 2.33. The van der Waals surface area contributed by atoms with Crippen molar-refractivity contribution in [2.45, 2.75) is 46.1 Å². The summed E-state index contributed by atoms with van der Waals surface area (Å²) in [4.78, 5) is 4.02. The molecule has 4 heteroatoms. The van der Waals surface area contributed by atoms with Gasteiger partial charge in [-0.05, 0) is 30.9 Å². The highest BCUT2D eigenvalue weighted by molar-refractivity contribution is 5.60. The molecule has 1 heterocycles. The monoisotopic (exact) mass is 272 g/mol. The van der Waals surface area contributed by atoms with Gasteiger partial charge < -0.3 is 5.32 Å². The first-order valence-corrected chi connectivity index (χ1v) is 7.45. The van der Waals surface area contributed by atoms with Crippen LogP contribution in [0.3, 0.4) is 0 Å². The van der Waals surface area contributed by atoms with E-state index in [4.69, 9.17) is 0 Å². The van der Waals surface area contributed by atoms with Crippen molar-refractivity contribution >= 4 is 5.69 Å². The second-order valence-corrected chi connectivity index (χ2v) is 5.36. The maximum Gasteiger partial charge on any atom is 0.138 e. The van der Waals surface area contributed by atoms with Gasteiger partial charge in [0.05, 0.1) is 11.4 Å². The van der Waals surface area contributed by atoms with Crippen LogP contribution in [0.5, 0.6) is 0 Å². The molecular weight excluding hydrogens is 248 g/mol. The molecule has 2 unspecified atom stereocenters. The van der Waals surface area contributed by atoms with Crippen LogP contribution in [0.15, 0.2) is 36.9 Å². The quantitative estimate of drug-likeness (QED) is 0.831. The second-order valence-electron chi connectivity index (χ2n) is 5.36. The number of nitrogens with one attached hydrogen (secondary N) is 1. The third kappa shape index (κ3) is 3.59. The molecule has 2 rings (SSSR count). The second kappa shape index (κ2) is 7.08. The van der Waals surface area contributed by atoms with Crippen LogP contribution in [0.25, 0.3) is 5.69 Å². The first kappa shape index (κ1) is 14.6. The molecule has 2 atom stereocenters. The first-order chi connectivity index (χ1) is 9.74. The van der Waals surface area contributed by atoms with Crippen molar-refractivity contribution in [3.63, 3.8) is 0 Å². The summed E-state index contributed by atoms with van der Waals surface area (Å²) in [6.07, 6.45) is 6.83. The van der Waals surface area contributed by atoms with E-state index in [9.17, 15) is 0 Å². The van der Waals surface area contributed by atoms with Crippen molar-refractivity contribution in [1.29, 1.82) is 0 Å². The summed E-state index contributed by atoms with van der Waals surface area (Å²) in [5.41, 5.74) is 2.17. The lowest BCUT2D eigenvalue weighted by Crippen LogP contribution is -2.22. The van der Waals surface area contributed by atoms with Crippen molar-refractivity contribution in [3.05, 3.63) is 36.9 Å². The van der Waals surface area contributed by atoms with Gasteiger partial charge in [-0.15, -0.1) is 0 Å². The van der Waals surface area contributed by atoms with Crippen LogP contribution in [0.4, 0.5) is 5.69 Å². The number of anilines is 1. The lowest BCUT2D eigenvalue weighted by Gasteiger charge is -2.23. The van der Waals surface area contributed by atoms with E-state index in [0.717, 1.165) is 23.7 Å². The number of aromatic nitrogens is 3. The Bertz CT molecular complexity index is 507. The number of nitrogens with zero attached hydrogens (tertiary/aromatic N) is 3. The standard InChI is InChI=1S/C16H24N4/c1-4-13(3)10-14(5-2)19-15-8-6-7-9-16(15)20-12-17-11-18-20/h6-9,11-14,19H,4-5,10H2,1-3H3. The van der Waals surface area contributed by atoms with Gasteiger partial charge in [-0.25, -0.2) is 9.67 Å². The minimum absolute atomic E-state index is 0.495. The number of benzene rings is 1. The van der Waals surface area contributed by atoms with Gasteiger partial charge in [0.2, 0.25) is 0 Å². The van der Waals surface area contributed by atoms with Gasteiger partial charge in [-0.2, -0.15) is 5.10 Å². The molecule has 1 N–H and O–H groups in total. The molecule has 0 spiro atoms. The molecule has 0 aliphatic rings. The van der Waals surface area contributed by atoms with Crippen LogP contribution in [0.2, 0.25) is 0 Å². The highest BCUT2D eigenvalue weighted by Crippen LogP contribution is 2.22. The molecule has 0 fully saturated rings. The van der Waals surface area contributed by atoms with Crippen molar-refractivity contribution in [2.24, 2.45) is 5.92 Å². The molecule has 1 aromatic heterocycles. The number of para-hydroxylation sites is 2. The highest BCUT2D eigenvalue weighted by atomic mass is 15.3. The molecule has 1 aromatic carbocycles. The summed E-state index contributed by atoms with van der Waals surface area (Å²) < 4.78 is 1.80. The fourth-order valence-electron chi connectivity index (χ4n) is 2.33. The SMILES string of the molecule is CCC(C)CC(CC)Nc1ccccc1-n1cncn1. The van der Waals surface area contributed by atoms with Crippen LogP contribution >= 0.6 is 0 Å². The van der Waals surface area contributed by atoms with Gasteiger partial charge in [-0.1, -0.05) is 39.3 Å². The average molecular weight is 272 g/mol. The van der Waals surface area contributed by atoms with Crippen LogP contribution in [-0.4, -0.2) is 20.8 Å². The van der Waals surface area contributed by atoms with Crippen LogP contribution in [-0.2, 0) is 0 Å². The van der Waals surface area contributed by atoms with Gasteiger partial charge in [0.25, 0.3) is 0 Å². The fraction of sp³-hybridized carbons (Fsp3) is 0.500. The predicted molar refractivity (Wildman–Crippen MR) is 83.1 cm³/mol. The molecule has 0 saturated heterocycles. The molecule has 0 aliphatic heterocycles. The maximum absolute atomic E-state index is 4.22. The minimum atomic E-state index is 0.495. The van der Waals surface area contributed by atoms with Crippen LogP contribution < -0.4 is 5.32 Å². The van der Waals surface area contributed by atoms with E-state index >= 15 is 0 Å². The van der Waals surface area contributed by atoms with Gasteiger partial charge in [0.15, 0.2) is 0 Å². The predicted octanol–water partition coefficient (Wildman–Crippen LogP) is 3.89. The normalized spacial score (nSPS) is 13.9. The Morgan fingerprint density at radius 3 is 2.65 bits per heavy atom. The van der Waals surface area contributed by atoms with Gasteiger partial charge in [-0.3, -0.25) is 0 Å². The summed E-state index contributed by atoms with van der Waals surface area (Å²) in [6, 6.07) is 8.74. The van der Waals surface area contributed by atoms with Crippen molar-refractivity contribution in [1.82, 2.24) is 14.8 Å². The molecule has 4 nitrogen and oxygen atoms in total. The van der Waals surface area contributed by atoms with E-state index in [1.807, 2.05) is 6.07 Å². The summed E-state index contributed by atoms with van der Waals surface area (Å²) in [5, 5.41) is 7.89. The minimum Gasteiger partial charge on any atom is -0.381 e. The third-order valence-electron chi connectivity index (χ3n) is 3.81. The molecule has 20 heavy (non-hydrogen) atoms. The topological polar surface area (TPSA) is 42.7 Å². The maximum atomic E-state index is 4.22. The Morgan fingerprint density at radius 1 is 1.20 bits per heavy atom. The Kier molecular flexibility index (Phi) is 5.16. The molecule has 2 aromatic rings. The van der Waals surface area contributed by atoms with Gasteiger partial charge in [0.1, 0.15) is 12.7 Å². The first-order valence-electron chi connectivity index (χ1n) is 7.45. The lowest BCUT2D eigenvalue weighted by molar-refractivity contribution is 0.461. The zero-order valence-corrected chi connectivity index (χ0v) is 12.6. The van der Waals surface area contributed by atoms with E-state index in [0.29, 0.717) is 6.04 Å². The molecule has 108 valence electrons. The molecule has 0 radical (unpaired) electrons. The van der Waals surface area contributed by atoms with E-state index in [1.54, 1.807) is 17.3 Å². The summed E-state index contributed by atoms with van der Waals surface area (Å²) in [5.74, 6) is 0.742. The number of rotatable bonds is 7. The van der Waals surface area contributed by atoms with Gasteiger partial charge in [0, 0.05) is 6.04 Å². The largest absolute Gasteiger partial charge is 0.381 e. The molecule has 0 aliphatic carbocycles. The van der Waals surface area contributed by atoms with E-state index in [1.165, 1.54) is 12.8 Å². The number of hydrogen-bond donors (Lipinski definition) is 1. The lowest BCUT2D eigenvalue weighted by atomic mass is 9.97. The summed E-state index contributed by atoms with van der Waals surface area (Å²) in [6.45, 7) is 6.80. The molecule has 0 bridgehead atoms. The Labute approximate surface area is 121 Å². The Hall–Kier alpha value is -1.84. The number of hydrogen-bond acceptors (Lipinski definition) is 3. The van der Waals surface area contributed by atoms with Crippen molar-refractivity contribution in [3.8, 4) is 5.69 Å². The molecule has 0 saturated carbocycles. The van der Waals surface area contributed by atoms with Crippen LogP contribution in [0, 0.1) is 5.92 Å². The third-order valence-corrected chi connectivity index (χ3v) is 3.81. The smallest absolute Gasteiger partial charge is 0.138 e. The van der Waals surface area contributed by atoms with Gasteiger partial charge >= 0.3 is 0 Å². The van der Waals surface area contributed by atoms with Crippen molar-refractivity contribution < 1.29 is 0 Å². The van der Waals surface area contributed by atoms with E-state index in [2.05, 4.69) is 54.4 Å². The zero-order chi connectivity index (χ0) is 14.4. The summed E-state index contributed by atoms with van der Waals surface area (Å²) in [7, 11) is 0. The molecule has 0 amide bonds.